The fourth-order valence-electron chi connectivity index (χ4n) is 3.20. The molecule has 1 saturated heterocycles. The fourth-order valence-corrected chi connectivity index (χ4v) is 4.17. The lowest BCUT2D eigenvalue weighted by atomic mass is 9.96. The minimum atomic E-state index is -3.36. The monoisotopic (exact) mass is 388 g/mol. The van der Waals surface area contributed by atoms with Gasteiger partial charge in [-0.3, -0.25) is 4.79 Å². The second kappa shape index (κ2) is 8.33. The summed E-state index contributed by atoms with van der Waals surface area (Å²) in [5.41, 5.74) is 0.596. The summed E-state index contributed by atoms with van der Waals surface area (Å²) in [7, 11) is -3.36. The Hall–Kier alpha value is -1.38. The van der Waals surface area contributed by atoms with E-state index in [4.69, 9.17) is 0 Å². The van der Waals surface area contributed by atoms with Gasteiger partial charge in [-0.2, -0.15) is 0 Å². The molecule has 9 heteroatoms. The molecule has 1 N–H and O–H groups in total. The minimum absolute atomic E-state index is 0. The Morgan fingerprint density at radius 3 is 2.68 bits per heavy atom. The zero-order chi connectivity index (χ0) is 17.2. The van der Waals surface area contributed by atoms with Crippen LogP contribution in [0.15, 0.2) is 28.3 Å². The molecule has 140 valence electrons. The summed E-state index contributed by atoms with van der Waals surface area (Å²) in [5.74, 6) is 1.02. The van der Waals surface area contributed by atoms with Crippen molar-refractivity contribution in [1.29, 1.82) is 0 Å². The molecule has 1 amide bonds. The number of nitrogens with one attached hydrogen (secondary N) is 1. The molecule has 3 aliphatic heterocycles. The number of amides is 1. The lowest BCUT2D eigenvalue weighted by Crippen LogP contribution is -2.43. The molecular formula is C16H25ClN4O3S. The van der Waals surface area contributed by atoms with Crippen molar-refractivity contribution in [2.45, 2.75) is 19.8 Å². The van der Waals surface area contributed by atoms with Crippen molar-refractivity contribution in [1.82, 2.24) is 15.1 Å². The number of hydrogen-bond acceptors (Lipinski definition) is 5. The number of amidine groups is 1. The van der Waals surface area contributed by atoms with Crippen LogP contribution in [0.4, 0.5) is 0 Å². The van der Waals surface area contributed by atoms with Crippen molar-refractivity contribution in [3.63, 3.8) is 0 Å². The first-order valence-corrected chi connectivity index (χ1v) is 10.1. The number of sulfonamides is 1. The van der Waals surface area contributed by atoms with E-state index < -0.39 is 10.0 Å². The first kappa shape index (κ1) is 19.9. The lowest BCUT2D eigenvalue weighted by Gasteiger charge is -2.33. The van der Waals surface area contributed by atoms with Gasteiger partial charge in [0.1, 0.15) is 5.84 Å². The average Bonchev–Trinajstić information content (AvgIpc) is 2.58. The van der Waals surface area contributed by atoms with E-state index in [9.17, 15) is 13.2 Å². The van der Waals surface area contributed by atoms with Gasteiger partial charge in [-0.15, -0.1) is 16.8 Å². The number of nitrogens with zero attached hydrogens (tertiary/aromatic N) is 3. The third-order valence-electron chi connectivity index (χ3n) is 4.66. The van der Waals surface area contributed by atoms with Gasteiger partial charge in [0.25, 0.3) is 15.9 Å². The van der Waals surface area contributed by atoms with Gasteiger partial charge in [0, 0.05) is 25.8 Å². The molecule has 0 aliphatic carbocycles. The van der Waals surface area contributed by atoms with E-state index in [0.29, 0.717) is 23.9 Å². The van der Waals surface area contributed by atoms with Crippen LogP contribution in [0.2, 0.25) is 0 Å². The van der Waals surface area contributed by atoms with Gasteiger partial charge in [-0.05, 0) is 44.0 Å². The van der Waals surface area contributed by atoms with Gasteiger partial charge >= 0.3 is 0 Å². The van der Waals surface area contributed by atoms with Crippen molar-refractivity contribution >= 4 is 34.2 Å². The number of carbonyl (C=O) groups is 1. The number of carbonyl (C=O) groups excluding carboxylic acids is 1. The Morgan fingerprint density at radius 1 is 1.28 bits per heavy atom. The van der Waals surface area contributed by atoms with Gasteiger partial charge in [-0.1, -0.05) is 6.92 Å². The van der Waals surface area contributed by atoms with Gasteiger partial charge in [0.15, 0.2) is 0 Å². The summed E-state index contributed by atoms with van der Waals surface area (Å²) in [6, 6.07) is 0. The SMILES string of the molecule is CCNCC1CCN(C(=O)C2=CN3CCS(=O)(=O)N=C3C=C2)CC1.Cl. The first-order valence-electron chi connectivity index (χ1n) is 8.47. The normalized spacial score (nSPS) is 22.6. The second-order valence-corrected chi connectivity index (χ2v) is 8.14. The first-order chi connectivity index (χ1) is 11.5. The average molecular weight is 389 g/mol. The minimum Gasteiger partial charge on any atom is -0.339 e. The molecule has 0 atom stereocenters. The van der Waals surface area contributed by atoms with E-state index in [1.165, 1.54) is 0 Å². The highest BCUT2D eigenvalue weighted by atomic mass is 35.5. The Labute approximate surface area is 155 Å². The molecule has 0 radical (unpaired) electrons. The Kier molecular flexibility index (Phi) is 6.65. The standard InChI is InChI=1S/C16H24N4O3S.ClH/c1-2-17-11-13-5-7-19(8-6-13)16(21)14-3-4-15-18-24(22,23)10-9-20(15)12-14;/h3-4,12-13,17H,2,5-11H2,1H3;1H. The third-order valence-corrected chi connectivity index (χ3v) is 5.82. The van der Waals surface area contributed by atoms with Crippen LogP contribution in [0.5, 0.6) is 0 Å². The molecule has 0 aromatic rings. The summed E-state index contributed by atoms with van der Waals surface area (Å²) >= 11 is 0. The Balaban J connectivity index is 0.00000225. The van der Waals surface area contributed by atoms with Crippen LogP contribution in [-0.2, 0) is 14.8 Å². The molecule has 0 aromatic carbocycles. The number of halogens is 1. The molecule has 0 aromatic heterocycles. The zero-order valence-electron chi connectivity index (χ0n) is 14.3. The fraction of sp³-hybridized carbons (Fsp3) is 0.625. The largest absolute Gasteiger partial charge is 0.339 e. The molecule has 3 aliphatic rings. The van der Waals surface area contributed by atoms with Gasteiger partial charge in [-0.25, -0.2) is 8.42 Å². The summed E-state index contributed by atoms with van der Waals surface area (Å²) in [5, 5.41) is 3.37. The maximum atomic E-state index is 12.7. The maximum absolute atomic E-state index is 12.7. The summed E-state index contributed by atoms with van der Waals surface area (Å²) in [4.78, 5) is 16.3. The number of rotatable bonds is 4. The Morgan fingerprint density at radius 2 is 2.00 bits per heavy atom. The number of likely N-dealkylation sites (tertiary alicyclic amines) is 1. The van der Waals surface area contributed by atoms with E-state index in [0.717, 1.165) is 39.0 Å². The lowest BCUT2D eigenvalue weighted by molar-refractivity contribution is -0.128. The highest BCUT2D eigenvalue weighted by molar-refractivity contribution is 7.90. The second-order valence-electron chi connectivity index (χ2n) is 6.39. The smallest absolute Gasteiger partial charge is 0.256 e. The van der Waals surface area contributed by atoms with Crippen molar-refractivity contribution in [3.05, 3.63) is 23.9 Å². The van der Waals surface area contributed by atoms with Gasteiger partial charge in [0.05, 0.1) is 11.3 Å². The summed E-state index contributed by atoms with van der Waals surface area (Å²) in [6.07, 6.45) is 7.04. The van der Waals surface area contributed by atoms with Crippen LogP contribution < -0.4 is 5.32 Å². The highest BCUT2D eigenvalue weighted by Gasteiger charge is 2.28. The van der Waals surface area contributed by atoms with Crippen molar-refractivity contribution < 1.29 is 13.2 Å². The topological polar surface area (TPSA) is 82.1 Å². The maximum Gasteiger partial charge on any atom is 0.256 e. The van der Waals surface area contributed by atoms with Crippen LogP contribution >= 0.6 is 12.4 Å². The molecule has 3 rings (SSSR count). The highest BCUT2D eigenvalue weighted by Crippen LogP contribution is 2.21. The van der Waals surface area contributed by atoms with E-state index in [2.05, 4.69) is 16.6 Å². The van der Waals surface area contributed by atoms with Crippen LogP contribution in [0.1, 0.15) is 19.8 Å². The van der Waals surface area contributed by atoms with Crippen LogP contribution in [0, 0.1) is 5.92 Å². The molecule has 0 bridgehead atoms. The van der Waals surface area contributed by atoms with E-state index >= 15 is 0 Å². The third kappa shape index (κ3) is 4.83. The molecule has 0 unspecified atom stereocenters. The van der Waals surface area contributed by atoms with Crippen LogP contribution in [0.25, 0.3) is 0 Å². The van der Waals surface area contributed by atoms with Crippen LogP contribution in [-0.4, -0.2) is 68.4 Å². The molecule has 25 heavy (non-hydrogen) atoms. The predicted molar refractivity (Wildman–Crippen MR) is 100 cm³/mol. The number of hydrogen-bond donors (Lipinski definition) is 1. The van der Waals surface area contributed by atoms with Crippen LogP contribution in [0.3, 0.4) is 0 Å². The van der Waals surface area contributed by atoms with Gasteiger partial charge < -0.3 is 15.1 Å². The van der Waals surface area contributed by atoms with E-state index in [-0.39, 0.29) is 24.1 Å². The van der Waals surface area contributed by atoms with Crippen molar-refractivity contribution in [2.24, 2.45) is 10.3 Å². The molecule has 0 spiro atoms. The zero-order valence-corrected chi connectivity index (χ0v) is 16.0. The molecule has 7 nitrogen and oxygen atoms in total. The number of piperidine rings is 1. The molecular weight excluding hydrogens is 364 g/mol. The number of fused-ring (bicyclic) bond motifs is 1. The molecule has 3 heterocycles. The predicted octanol–water partition coefficient (Wildman–Crippen LogP) is 0.754. The van der Waals surface area contributed by atoms with E-state index in [1.807, 2.05) is 4.90 Å². The summed E-state index contributed by atoms with van der Waals surface area (Å²) < 4.78 is 26.8. The Bertz CT molecular complexity index is 694. The van der Waals surface area contributed by atoms with Crippen molar-refractivity contribution in [3.8, 4) is 0 Å². The summed E-state index contributed by atoms with van der Waals surface area (Å²) in [6.45, 7) is 5.98. The van der Waals surface area contributed by atoms with Crippen molar-refractivity contribution in [2.75, 3.05) is 38.5 Å². The molecule has 1 fully saturated rings. The van der Waals surface area contributed by atoms with Gasteiger partial charge in [0.2, 0.25) is 0 Å². The quantitative estimate of drug-likeness (QED) is 0.768. The molecule has 0 saturated carbocycles. The van der Waals surface area contributed by atoms with E-state index in [1.54, 1.807) is 23.3 Å².